The lowest BCUT2D eigenvalue weighted by molar-refractivity contribution is -0.162. The van der Waals surface area contributed by atoms with Gasteiger partial charge in [-0.2, -0.15) is 5.26 Å². The standard InChI is InChI=1S/C25H22N4O4/c26-12-17-3-5-20(6-4-17)25(32)28-21-9-7-19(8-10-21)24-22(15-30)29(23(31)16-33-24)14-18-2-1-11-27-13-18/h1-11,13,22,24,30H,14-16H2,(H,28,32). The van der Waals surface area contributed by atoms with Crippen LogP contribution in [0, 0.1) is 11.3 Å². The number of nitrogens with zero attached hydrogens (tertiary/aromatic N) is 3. The first-order valence-corrected chi connectivity index (χ1v) is 10.4. The van der Waals surface area contributed by atoms with E-state index < -0.39 is 12.1 Å². The molecule has 3 aromatic rings. The number of amides is 2. The molecule has 4 rings (SSSR count). The van der Waals surface area contributed by atoms with Crippen molar-refractivity contribution in [3.63, 3.8) is 0 Å². The van der Waals surface area contributed by atoms with Crippen molar-refractivity contribution in [2.24, 2.45) is 0 Å². The third-order valence-corrected chi connectivity index (χ3v) is 5.49. The molecule has 2 heterocycles. The van der Waals surface area contributed by atoms with Gasteiger partial charge in [-0.25, -0.2) is 0 Å². The van der Waals surface area contributed by atoms with Crippen LogP contribution in [0.5, 0.6) is 0 Å². The minimum atomic E-state index is -0.550. The van der Waals surface area contributed by atoms with Crippen molar-refractivity contribution in [1.29, 1.82) is 5.26 Å². The summed E-state index contributed by atoms with van der Waals surface area (Å²) in [5.74, 6) is -0.483. The van der Waals surface area contributed by atoms with Gasteiger partial charge in [-0.1, -0.05) is 18.2 Å². The lowest BCUT2D eigenvalue weighted by Gasteiger charge is -2.40. The number of hydrogen-bond donors (Lipinski definition) is 2. The van der Waals surface area contributed by atoms with Crippen LogP contribution in [0.4, 0.5) is 5.69 Å². The van der Waals surface area contributed by atoms with Crippen LogP contribution in [0.1, 0.15) is 33.2 Å². The van der Waals surface area contributed by atoms with Gasteiger partial charge in [-0.3, -0.25) is 14.6 Å². The highest BCUT2D eigenvalue weighted by Crippen LogP contribution is 2.31. The average molecular weight is 442 g/mol. The molecule has 0 spiro atoms. The number of pyridine rings is 1. The SMILES string of the molecule is N#Cc1ccc(C(=O)Nc2ccc(C3OCC(=O)N(Cc4cccnc4)C3CO)cc2)cc1. The van der Waals surface area contributed by atoms with E-state index in [1.54, 1.807) is 71.9 Å². The van der Waals surface area contributed by atoms with Crippen LogP contribution < -0.4 is 5.32 Å². The second-order valence-electron chi connectivity index (χ2n) is 7.63. The Hall–Kier alpha value is -4.06. The molecular formula is C25H22N4O4. The Balaban J connectivity index is 1.47. The number of anilines is 1. The summed E-state index contributed by atoms with van der Waals surface area (Å²) in [6, 6.07) is 18.6. The van der Waals surface area contributed by atoms with Crippen molar-refractivity contribution in [2.45, 2.75) is 18.7 Å². The fourth-order valence-electron chi connectivity index (χ4n) is 3.77. The summed E-state index contributed by atoms with van der Waals surface area (Å²) in [4.78, 5) is 30.7. The van der Waals surface area contributed by atoms with Gasteiger partial charge in [-0.05, 0) is 53.6 Å². The summed E-state index contributed by atoms with van der Waals surface area (Å²) in [6.45, 7) is -0.0110. The number of aliphatic hydroxyl groups excluding tert-OH is 1. The summed E-state index contributed by atoms with van der Waals surface area (Å²) in [5.41, 5.74) is 3.17. The monoisotopic (exact) mass is 442 g/mol. The summed E-state index contributed by atoms with van der Waals surface area (Å²) in [6.07, 6.45) is 2.85. The molecule has 2 N–H and O–H groups in total. The van der Waals surface area contributed by atoms with Gasteiger partial charge in [0.25, 0.3) is 5.91 Å². The third-order valence-electron chi connectivity index (χ3n) is 5.49. The van der Waals surface area contributed by atoms with E-state index in [-0.39, 0.29) is 25.0 Å². The van der Waals surface area contributed by atoms with Crippen molar-refractivity contribution in [2.75, 3.05) is 18.5 Å². The van der Waals surface area contributed by atoms with Gasteiger partial charge in [0.15, 0.2) is 0 Å². The zero-order chi connectivity index (χ0) is 23.2. The summed E-state index contributed by atoms with van der Waals surface area (Å²) >= 11 is 0. The predicted octanol–water partition coefficient (Wildman–Crippen LogP) is 2.67. The minimum absolute atomic E-state index is 0.0847. The highest BCUT2D eigenvalue weighted by atomic mass is 16.5. The first kappa shape index (κ1) is 22.1. The van der Waals surface area contributed by atoms with Gasteiger partial charge in [0, 0.05) is 30.2 Å². The molecule has 0 radical (unpaired) electrons. The fraction of sp³-hybridized carbons (Fsp3) is 0.200. The number of rotatable bonds is 6. The Bertz CT molecular complexity index is 1160. The van der Waals surface area contributed by atoms with Gasteiger partial charge in [0.1, 0.15) is 12.7 Å². The second-order valence-corrected chi connectivity index (χ2v) is 7.63. The molecule has 2 unspecified atom stereocenters. The molecule has 1 aromatic heterocycles. The van der Waals surface area contributed by atoms with Gasteiger partial charge in [-0.15, -0.1) is 0 Å². The number of nitrogens with one attached hydrogen (secondary N) is 1. The maximum absolute atomic E-state index is 12.5. The van der Waals surface area contributed by atoms with Crippen LogP contribution in [0.2, 0.25) is 0 Å². The molecule has 33 heavy (non-hydrogen) atoms. The first-order chi connectivity index (χ1) is 16.1. The molecular weight excluding hydrogens is 420 g/mol. The van der Waals surface area contributed by atoms with E-state index in [2.05, 4.69) is 10.3 Å². The van der Waals surface area contributed by atoms with Crippen molar-refractivity contribution >= 4 is 17.5 Å². The molecule has 1 aliphatic heterocycles. The van der Waals surface area contributed by atoms with Gasteiger partial charge >= 0.3 is 0 Å². The highest BCUT2D eigenvalue weighted by molar-refractivity contribution is 6.04. The Morgan fingerprint density at radius 3 is 2.58 bits per heavy atom. The molecule has 0 bridgehead atoms. The Labute approximate surface area is 191 Å². The number of aliphatic hydroxyl groups is 1. The van der Waals surface area contributed by atoms with Gasteiger partial charge < -0.3 is 20.1 Å². The molecule has 1 saturated heterocycles. The molecule has 8 heteroatoms. The van der Waals surface area contributed by atoms with Crippen molar-refractivity contribution in [1.82, 2.24) is 9.88 Å². The van der Waals surface area contributed by atoms with Crippen molar-refractivity contribution < 1.29 is 19.4 Å². The van der Waals surface area contributed by atoms with Crippen LogP contribution in [-0.4, -0.2) is 46.1 Å². The zero-order valence-corrected chi connectivity index (χ0v) is 17.7. The number of benzene rings is 2. The number of morpholine rings is 1. The lowest BCUT2D eigenvalue weighted by Crippen LogP contribution is -2.52. The topological polar surface area (TPSA) is 116 Å². The third kappa shape index (κ3) is 5.06. The number of carbonyl (C=O) groups is 2. The summed E-state index contributed by atoms with van der Waals surface area (Å²) in [5, 5.41) is 21.8. The normalized spacial score (nSPS) is 17.9. The maximum atomic E-state index is 12.5. The first-order valence-electron chi connectivity index (χ1n) is 10.4. The Morgan fingerprint density at radius 1 is 1.18 bits per heavy atom. The largest absolute Gasteiger partial charge is 0.394 e. The van der Waals surface area contributed by atoms with E-state index in [0.717, 1.165) is 11.1 Å². The molecule has 1 fully saturated rings. The number of carbonyl (C=O) groups excluding carboxylic acids is 2. The molecule has 2 atom stereocenters. The van der Waals surface area contributed by atoms with E-state index in [9.17, 15) is 14.7 Å². The van der Waals surface area contributed by atoms with E-state index >= 15 is 0 Å². The van der Waals surface area contributed by atoms with E-state index in [1.165, 1.54) is 0 Å². The van der Waals surface area contributed by atoms with Crippen molar-refractivity contribution in [3.05, 3.63) is 95.3 Å². The van der Waals surface area contributed by atoms with Crippen LogP contribution in [0.3, 0.4) is 0 Å². The van der Waals surface area contributed by atoms with Gasteiger partial charge in [0.2, 0.25) is 5.91 Å². The number of nitriles is 1. The van der Waals surface area contributed by atoms with Gasteiger partial charge in [0.05, 0.1) is 24.3 Å². The average Bonchev–Trinajstić information content (AvgIpc) is 2.86. The second kappa shape index (κ2) is 10.0. The predicted molar refractivity (Wildman–Crippen MR) is 120 cm³/mol. The molecule has 0 saturated carbocycles. The highest BCUT2D eigenvalue weighted by Gasteiger charge is 2.37. The quantitative estimate of drug-likeness (QED) is 0.606. The van der Waals surface area contributed by atoms with Crippen molar-refractivity contribution in [3.8, 4) is 6.07 Å². The number of aromatic nitrogens is 1. The summed E-state index contributed by atoms with van der Waals surface area (Å²) < 4.78 is 5.78. The molecule has 8 nitrogen and oxygen atoms in total. The molecule has 2 aromatic carbocycles. The number of hydrogen-bond acceptors (Lipinski definition) is 6. The maximum Gasteiger partial charge on any atom is 0.255 e. The molecule has 2 amide bonds. The van der Waals surface area contributed by atoms with Crippen LogP contribution in [-0.2, 0) is 16.1 Å². The van der Waals surface area contributed by atoms with Crippen LogP contribution >= 0.6 is 0 Å². The summed E-state index contributed by atoms with van der Waals surface area (Å²) in [7, 11) is 0. The van der Waals surface area contributed by atoms with Crippen LogP contribution in [0.15, 0.2) is 73.1 Å². The molecule has 1 aliphatic rings. The fourth-order valence-corrected chi connectivity index (χ4v) is 3.77. The van der Waals surface area contributed by atoms with E-state index in [1.807, 2.05) is 12.1 Å². The Kier molecular flexibility index (Phi) is 6.74. The van der Waals surface area contributed by atoms with E-state index in [0.29, 0.717) is 23.4 Å². The zero-order valence-electron chi connectivity index (χ0n) is 17.7. The Morgan fingerprint density at radius 2 is 1.94 bits per heavy atom. The molecule has 0 aliphatic carbocycles. The van der Waals surface area contributed by atoms with Crippen LogP contribution in [0.25, 0.3) is 0 Å². The van der Waals surface area contributed by atoms with E-state index in [4.69, 9.17) is 10.00 Å². The smallest absolute Gasteiger partial charge is 0.255 e. The molecule has 166 valence electrons. The minimum Gasteiger partial charge on any atom is -0.394 e. The lowest BCUT2D eigenvalue weighted by atomic mass is 9.98. The number of ether oxygens (including phenoxy) is 1.